The summed E-state index contributed by atoms with van der Waals surface area (Å²) < 4.78 is 22.5. The highest BCUT2D eigenvalue weighted by atomic mass is 16.7. The van der Waals surface area contributed by atoms with Gasteiger partial charge in [0, 0.05) is 18.9 Å². The van der Waals surface area contributed by atoms with Gasteiger partial charge in [0.05, 0.1) is 25.7 Å². The molecule has 6 nitrogen and oxygen atoms in total. The lowest BCUT2D eigenvalue weighted by Crippen LogP contribution is -2.36. The molecule has 1 aromatic rings. The normalized spacial score (nSPS) is 22.6. The molecule has 2 heterocycles. The Labute approximate surface area is 136 Å². The molecule has 0 bridgehead atoms. The number of carbonyl (C=O) groups excluding carboxylic acids is 1. The van der Waals surface area contributed by atoms with E-state index in [0.717, 1.165) is 32.0 Å². The standard InChI is InChI=1S/C17H25NO5/c1-12(2)14(10-19)15-9-16(18-23-15)20-11-13-3-5-17(6-4-13)21-7-8-22-17/h9-10,12-14H,3-8,11H2,1-2H3. The molecule has 3 rings (SSSR count). The highest BCUT2D eigenvalue weighted by Crippen LogP contribution is 2.38. The molecule has 128 valence electrons. The second-order valence-electron chi connectivity index (χ2n) is 6.84. The summed E-state index contributed by atoms with van der Waals surface area (Å²) in [6.45, 7) is 5.98. The lowest BCUT2D eigenvalue weighted by molar-refractivity contribution is -0.183. The van der Waals surface area contributed by atoms with E-state index in [9.17, 15) is 4.79 Å². The minimum Gasteiger partial charge on any atom is -0.475 e. The van der Waals surface area contributed by atoms with E-state index < -0.39 is 0 Å². The molecule has 0 amide bonds. The van der Waals surface area contributed by atoms with Crippen molar-refractivity contribution in [3.63, 3.8) is 0 Å². The average Bonchev–Trinajstić information content (AvgIpc) is 3.18. The Balaban J connectivity index is 1.48. The molecule has 23 heavy (non-hydrogen) atoms. The predicted octanol–water partition coefficient (Wildman–Crippen LogP) is 2.93. The van der Waals surface area contributed by atoms with Gasteiger partial charge >= 0.3 is 0 Å². The zero-order chi connectivity index (χ0) is 16.3. The van der Waals surface area contributed by atoms with Crippen LogP contribution >= 0.6 is 0 Å². The van der Waals surface area contributed by atoms with Crippen LogP contribution in [0.2, 0.25) is 0 Å². The Bertz CT molecular complexity index is 511. The van der Waals surface area contributed by atoms with E-state index in [2.05, 4.69) is 5.16 Å². The van der Waals surface area contributed by atoms with Crippen molar-refractivity contribution >= 4 is 6.29 Å². The van der Waals surface area contributed by atoms with Crippen LogP contribution in [0.3, 0.4) is 0 Å². The van der Waals surface area contributed by atoms with Crippen LogP contribution in [0.15, 0.2) is 10.6 Å². The summed E-state index contributed by atoms with van der Waals surface area (Å²) in [6.07, 6.45) is 4.79. The lowest BCUT2D eigenvalue weighted by Gasteiger charge is -2.35. The highest BCUT2D eigenvalue weighted by Gasteiger charge is 2.40. The molecule has 1 atom stereocenters. The monoisotopic (exact) mass is 323 g/mol. The number of nitrogens with zero attached hydrogens (tertiary/aromatic N) is 1. The molecule has 1 unspecified atom stereocenters. The van der Waals surface area contributed by atoms with Crippen LogP contribution < -0.4 is 4.74 Å². The van der Waals surface area contributed by atoms with E-state index in [1.54, 1.807) is 6.07 Å². The molecule has 0 radical (unpaired) electrons. The van der Waals surface area contributed by atoms with Crippen molar-refractivity contribution in [2.24, 2.45) is 11.8 Å². The summed E-state index contributed by atoms with van der Waals surface area (Å²) in [5.74, 6) is 1.08. The van der Waals surface area contributed by atoms with Crippen LogP contribution in [-0.2, 0) is 14.3 Å². The number of aromatic nitrogens is 1. The lowest BCUT2D eigenvalue weighted by atomic mass is 9.85. The molecule has 1 aromatic heterocycles. The maximum absolute atomic E-state index is 11.1. The van der Waals surface area contributed by atoms with E-state index in [0.29, 0.717) is 37.4 Å². The molecule has 6 heteroatoms. The molecule has 2 fully saturated rings. The van der Waals surface area contributed by atoms with E-state index in [1.165, 1.54) is 0 Å². The molecule has 1 saturated carbocycles. The Hall–Kier alpha value is -1.40. The van der Waals surface area contributed by atoms with E-state index >= 15 is 0 Å². The summed E-state index contributed by atoms with van der Waals surface area (Å²) in [5, 5.41) is 3.92. The Kier molecular flexibility index (Phi) is 5.02. The van der Waals surface area contributed by atoms with Gasteiger partial charge in [-0.25, -0.2) is 0 Å². The van der Waals surface area contributed by atoms with E-state index in [-0.39, 0.29) is 17.6 Å². The SMILES string of the molecule is CC(C)C(C=O)c1cc(OCC2CCC3(CC2)OCCO3)no1. The highest BCUT2D eigenvalue weighted by molar-refractivity contribution is 5.61. The van der Waals surface area contributed by atoms with Gasteiger partial charge in [0.2, 0.25) is 0 Å². The first-order valence-electron chi connectivity index (χ1n) is 8.44. The Morgan fingerprint density at radius 3 is 2.65 bits per heavy atom. The van der Waals surface area contributed by atoms with Gasteiger partial charge in [-0.15, -0.1) is 0 Å². The summed E-state index contributed by atoms with van der Waals surface area (Å²) in [5.41, 5.74) is 0. The van der Waals surface area contributed by atoms with Crippen molar-refractivity contribution in [1.29, 1.82) is 0 Å². The van der Waals surface area contributed by atoms with Crippen LogP contribution in [0, 0.1) is 11.8 Å². The van der Waals surface area contributed by atoms with Gasteiger partial charge < -0.3 is 23.5 Å². The van der Waals surface area contributed by atoms with Gasteiger partial charge in [-0.3, -0.25) is 0 Å². The summed E-state index contributed by atoms with van der Waals surface area (Å²) in [6, 6.07) is 1.73. The molecule has 1 aliphatic heterocycles. The first-order chi connectivity index (χ1) is 11.1. The van der Waals surface area contributed by atoms with Gasteiger partial charge in [-0.05, 0) is 29.8 Å². The number of carbonyl (C=O) groups is 1. The number of hydrogen-bond acceptors (Lipinski definition) is 6. The number of hydrogen-bond donors (Lipinski definition) is 0. The third-order valence-corrected chi connectivity index (χ3v) is 4.85. The quantitative estimate of drug-likeness (QED) is 0.750. The summed E-state index contributed by atoms with van der Waals surface area (Å²) >= 11 is 0. The minimum atomic E-state index is -0.327. The predicted molar refractivity (Wildman–Crippen MR) is 82.2 cm³/mol. The first-order valence-corrected chi connectivity index (χ1v) is 8.44. The van der Waals surface area contributed by atoms with Crippen LogP contribution in [0.4, 0.5) is 0 Å². The van der Waals surface area contributed by atoms with Gasteiger partial charge in [0.15, 0.2) is 11.5 Å². The Morgan fingerprint density at radius 2 is 2.04 bits per heavy atom. The number of aldehydes is 1. The maximum atomic E-state index is 11.1. The molecular formula is C17H25NO5. The van der Waals surface area contributed by atoms with Crippen molar-refractivity contribution in [2.75, 3.05) is 19.8 Å². The fourth-order valence-electron chi connectivity index (χ4n) is 3.32. The van der Waals surface area contributed by atoms with Gasteiger partial charge in [-0.2, -0.15) is 0 Å². The largest absolute Gasteiger partial charge is 0.475 e. The first kappa shape index (κ1) is 16.5. The molecule has 2 aliphatic rings. The Morgan fingerprint density at radius 1 is 1.35 bits per heavy atom. The van der Waals surface area contributed by atoms with Crippen molar-refractivity contribution in [3.05, 3.63) is 11.8 Å². The number of ether oxygens (including phenoxy) is 3. The van der Waals surface area contributed by atoms with Crippen molar-refractivity contribution in [3.8, 4) is 5.88 Å². The fraction of sp³-hybridized carbons (Fsp3) is 0.765. The van der Waals surface area contributed by atoms with Crippen LogP contribution in [0.5, 0.6) is 5.88 Å². The smallest absolute Gasteiger partial charge is 0.254 e. The minimum absolute atomic E-state index is 0.175. The van der Waals surface area contributed by atoms with Crippen molar-refractivity contribution in [2.45, 2.75) is 51.2 Å². The second kappa shape index (κ2) is 7.01. The zero-order valence-corrected chi connectivity index (χ0v) is 13.8. The molecule has 0 N–H and O–H groups in total. The maximum Gasteiger partial charge on any atom is 0.254 e. The second-order valence-corrected chi connectivity index (χ2v) is 6.84. The molecule has 0 aromatic carbocycles. The third-order valence-electron chi connectivity index (χ3n) is 4.85. The van der Waals surface area contributed by atoms with E-state index in [1.807, 2.05) is 13.8 Å². The van der Waals surface area contributed by atoms with Crippen LogP contribution in [0.1, 0.15) is 51.2 Å². The average molecular weight is 323 g/mol. The van der Waals surface area contributed by atoms with Gasteiger partial charge in [0.25, 0.3) is 5.88 Å². The topological polar surface area (TPSA) is 70.8 Å². The van der Waals surface area contributed by atoms with E-state index in [4.69, 9.17) is 18.7 Å². The fourth-order valence-corrected chi connectivity index (χ4v) is 3.32. The van der Waals surface area contributed by atoms with Crippen LogP contribution in [-0.4, -0.2) is 37.1 Å². The summed E-state index contributed by atoms with van der Waals surface area (Å²) in [4.78, 5) is 11.1. The molecular weight excluding hydrogens is 298 g/mol. The zero-order valence-electron chi connectivity index (χ0n) is 13.8. The molecule has 1 spiro atoms. The summed E-state index contributed by atoms with van der Waals surface area (Å²) in [7, 11) is 0. The van der Waals surface area contributed by atoms with Crippen LogP contribution in [0.25, 0.3) is 0 Å². The third kappa shape index (κ3) is 3.75. The van der Waals surface area contributed by atoms with Gasteiger partial charge in [0.1, 0.15) is 6.29 Å². The number of rotatable bonds is 6. The molecule has 1 aliphatic carbocycles. The van der Waals surface area contributed by atoms with Gasteiger partial charge in [-0.1, -0.05) is 13.8 Å². The molecule has 1 saturated heterocycles. The van der Waals surface area contributed by atoms with Crippen molar-refractivity contribution < 1.29 is 23.5 Å². The van der Waals surface area contributed by atoms with Crippen molar-refractivity contribution in [1.82, 2.24) is 5.16 Å².